The van der Waals surface area contributed by atoms with E-state index in [0.717, 1.165) is 28.1 Å². The first-order chi connectivity index (χ1) is 14.6. The minimum Gasteiger partial charge on any atom is -0.322 e. The molecule has 148 valence electrons. The number of nitrogens with zero attached hydrogens (tertiary/aromatic N) is 3. The number of carbonyl (C=O) groups is 1. The highest BCUT2D eigenvalue weighted by Crippen LogP contribution is 2.24. The Bertz CT molecular complexity index is 1190. The fourth-order valence-electron chi connectivity index (χ4n) is 3.22. The molecule has 0 aliphatic rings. The van der Waals surface area contributed by atoms with Gasteiger partial charge in [0.25, 0.3) is 5.91 Å². The average molecular weight is 415 g/mol. The average Bonchev–Trinajstić information content (AvgIpc) is 2.76. The highest BCUT2D eigenvalue weighted by atomic mass is 35.5. The molecule has 0 aliphatic carbocycles. The Labute approximate surface area is 179 Å². The lowest BCUT2D eigenvalue weighted by Gasteiger charge is -2.12. The van der Waals surface area contributed by atoms with Crippen molar-refractivity contribution in [3.63, 3.8) is 0 Å². The van der Waals surface area contributed by atoms with Gasteiger partial charge in [-0.1, -0.05) is 23.7 Å². The van der Waals surface area contributed by atoms with Gasteiger partial charge in [-0.3, -0.25) is 9.78 Å². The van der Waals surface area contributed by atoms with Gasteiger partial charge in [0.2, 0.25) is 0 Å². The van der Waals surface area contributed by atoms with Crippen molar-refractivity contribution in [2.45, 2.75) is 13.3 Å². The monoisotopic (exact) mass is 414 g/mol. The molecule has 2 heterocycles. The van der Waals surface area contributed by atoms with Crippen LogP contribution in [0.25, 0.3) is 11.3 Å². The standard InChI is InChI=1S/C24H19ClN4O/c1-16-7-8-17(24(30)29-20-5-2-4-19(25)14-20)12-18(16)13-23-21(6-3-10-27-23)22-9-11-26-15-28-22/h2-12,14-15H,13H2,1H3,(H,29,30). The second-order valence-corrected chi connectivity index (χ2v) is 7.31. The maximum Gasteiger partial charge on any atom is 0.255 e. The van der Waals surface area contributed by atoms with Crippen LogP contribution in [-0.2, 0) is 6.42 Å². The van der Waals surface area contributed by atoms with Crippen molar-refractivity contribution >= 4 is 23.2 Å². The fourth-order valence-corrected chi connectivity index (χ4v) is 3.41. The Morgan fingerprint density at radius 2 is 1.90 bits per heavy atom. The molecule has 0 spiro atoms. The number of amides is 1. The number of nitrogens with one attached hydrogen (secondary N) is 1. The van der Waals surface area contributed by atoms with Gasteiger partial charge in [0, 0.05) is 40.7 Å². The molecule has 0 saturated heterocycles. The predicted molar refractivity (Wildman–Crippen MR) is 119 cm³/mol. The van der Waals surface area contributed by atoms with Crippen LogP contribution in [0.3, 0.4) is 0 Å². The zero-order chi connectivity index (χ0) is 20.9. The van der Waals surface area contributed by atoms with Crippen molar-refractivity contribution in [2.24, 2.45) is 0 Å². The molecule has 0 saturated carbocycles. The smallest absolute Gasteiger partial charge is 0.255 e. The molecule has 4 aromatic rings. The lowest BCUT2D eigenvalue weighted by Crippen LogP contribution is -2.12. The number of aromatic nitrogens is 3. The summed E-state index contributed by atoms with van der Waals surface area (Å²) in [6.45, 7) is 2.03. The summed E-state index contributed by atoms with van der Waals surface area (Å²) in [6.07, 6.45) is 5.60. The van der Waals surface area contributed by atoms with Gasteiger partial charge < -0.3 is 5.32 Å². The molecule has 4 rings (SSSR count). The van der Waals surface area contributed by atoms with Crippen LogP contribution in [-0.4, -0.2) is 20.9 Å². The first kappa shape index (κ1) is 19.7. The highest BCUT2D eigenvalue weighted by molar-refractivity contribution is 6.31. The van der Waals surface area contributed by atoms with Crippen LogP contribution in [0.5, 0.6) is 0 Å². The van der Waals surface area contributed by atoms with Gasteiger partial charge >= 0.3 is 0 Å². The van der Waals surface area contributed by atoms with Gasteiger partial charge in [-0.15, -0.1) is 0 Å². The Kier molecular flexibility index (Phi) is 5.82. The zero-order valence-corrected chi connectivity index (χ0v) is 17.1. The number of rotatable bonds is 5. The van der Waals surface area contributed by atoms with Crippen LogP contribution in [0, 0.1) is 6.92 Å². The third kappa shape index (κ3) is 4.53. The van der Waals surface area contributed by atoms with E-state index in [1.165, 1.54) is 6.33 Å². The van der Waals surface area contributed by atoms with E-state index in [-0.39, 0.29) is 5.91 Å². The normalized spacial score (nSPS) is 10.6. The van der Waals surface area contributed by atoms with E-state index in [1.54, 1.807) is 36.7 Å². The third-order valence-corrected chi connectivity index (χ3v) is 5.03. The van der Waals surface area contributed by atoms with Gasteiger partial charge in [0.05, 0.1) is 11.4 Å². The molecular formula is C24H19ClN4O. The van der Waals surface area contributed by atoms with Crippen LogP contribution in [0.4, 0.5) is 5.69 Å². The van der Waals surface area contributed by atoms with Crippen molar-refractivity contribution in [1.82, 2.24) is 15.0 Å². The maximum atomic E-state index is 12.7. The van der Waals surface area contributed by atoms with Crippen LogP contribution in [0.1, 0.15) is 27.2 Å². The van der Waals surface area contributed by atoms with Crippen molar-refractivity contribution in [2.75, 3.05) is 5.32 Å². The lowest BCUT2D eigenvalue weighted by molar-refractivity contribution is 0.102. The Morgan fingerprint density at radius 3 is 2.70 bits per heavy atom. The van der Waals surface area contributed by atoms with Crippen LogP contribution in [0.15, 0.2) is 79.4 Å². The summed E-state index contributed by atoms with van der Waals surface area (Å²) < 4.78 is 0. The van der Waals surface area contributed by atoms with E-state index < -0.39 is 0 Å². The molecular weight excluding hydrogens is 396 g/mol. The molecule has 0 radical (unpaired) electrons. The van der Waals surface area contributed by atoms with Gasteiger partial charge in [0.1, 0.15) is 6.33 Å². The molecule has 6 heteroatoms. The molecule has 2 aromatic carbocycles. The first-order valence-corrected chi connectivity index (χ1v) is 9.84. The number of hydrogen-bond donors (Lipinski definition) is 1. The topological polar surface area (TPSA) is 67.8 Å². The molecule has 30 heavy (non-hydrogen) atoms. The van der Waals surface area contributed by atoms with Gasteiger partial charge in [-0.25, -0.2) is 9.97 Å². The maximum absolute atomic E-state index is 12.7. The Hall–Kier alpha value is -3.57. The molecule has 5 nitrogen and oxygen atoms in total. The number of hydrogen-bond acceptors (Lipinski definition) is 4. The van der Waals surface area contributed by atoms with Crippen LogP contribution >= 0.6 is 11.6 Å². The summed E-state index contributed by atoms with van der Waals surface area (Å²) in [7, 11) is 0. The minimum absolute atomic E-state index is 0.185. The van der Waals surface area contributed by atoms with Gasteiger partial charge in [-0.05, 0) is 66.6 Å². The number of anilines is 1. The third-order valence-electron chi connectivity index (χ3n) is 4.80. The number of aryl methyl sites for hydroxylation is 1. The van der Waals surface area contributed by atoms with E-state index in [0.29, 0.717) is 22.7 Å². The van der Waals surface area contributed by atoms with Crippen molar-refractivity contribution in [1.29, 1.82) is 0 Å². The van der Waals surface area contributed by atoms with E-state index in [4.69, 9.17) is 11.6 Å². The first-order valence-electron chi connectivity index (χ1n) is 9.47. The summed E-state index contributed by atoms with van der Waals surface area (Å²) in [5.74, 6) is -0.185. The van der Waals surface area contributed by atoms with Crippen LogP contribution < -0.4 is 5.32 Å². The molecule has 0 atom stereocenters. The molecule has 1 N–H and O–H groups in total. The van der Waals surface area contributed by atoms with E-state index in [9.17, 15) is 4.79 Å². The van der Waals surface area contributed by atoms with Gasteiger partial charge in [0.15, 0.2) is 0 Å². The van der Waals surface area contributed by atoms with E-state index >= 15 is 0 Å². The predicted octanol–water partition coefficient (Wildman–Crippen LogP) is 5.34. The van der Waals surface area contributed by atoms with Crippen molar-refractivity contribution in [3.05, 3.63) is 107 Å². The fraction of sp³-hybridized carbons (Fsp3) is 0.0833. The molecule has 0 bridgehead atoms. The molecule has 2 aromatic heterocycles. The Morgan fingerprint density at radius 1 is 1.00 bits per heavy atom. The molecule has 1 amide bonds. The van der Waals surface area contributed by atoms with E-state index in [2.05, 4.69) is 20.3 Å². The van der Waals surface area contributed by atoms with Crippen molar-refractivity contribution in [3.8, 4) is 11.3 Å². The molecule has 0 fully saturated rings. The highest BCUT2D eigenvalue weighted by Gasteiger charge is 2.13. The quantitative estimate of drug-likeness (QED) is 0.478. The Balaban J connectivity index is 1.61. The second-order valence-electron chi connectivity index (χ2n) is 6.87. The zero-order valence-electron chi connectivity index (χ0n) is 16.3. The van der Waals surface area contributed by atoms with Crippen molar-refractivity contribution < 1.29 is 4.79 Å². The minimum atomic E-state index is -0.185. The number of pyridine rings is 1. The van der Waals surface area contributed by atoms with E-state index in [1.807, 2.05) is 43.3 Å². The van der Waals surface area contributed by atoms with Crippen LogP contribution in [0.2, 0.25) is 5.02 Å². The summed E-state index contributed by atoms with van der Waals surface area (Å²) in [4.78, 5) is 25.6. The SMILES string of the molecule is Cc1ccc(C(=O)Nc2cccc(Cl)c2)cc1Cc1ncccc1-c1ccncn1. The number of benzene rings is 2. The summed E-state index contributed by atoms with van der Waals surface area (Å²) in [5.41, 5.74) is 6.03. The van der Waals surface area contributed by atoms with Gasteiger partial charge in [-0.2, -0.15) is 0 Å². The largest absolute Gasteiger partial charge is 0.322 e. The summed E-state index contributed by atoms with van der Waals surface area (Å²) in [5, 5.41) is 3.46. The summed E-state index contributed by atoms with van der Waals surface area (Å²) >= 11 is 6.01. The number of carbonyl (C=O) groups excluding carboxylic acids is 1. The summed E-state index contributed by atoms with van der Waals surface area (Å²) in [6, 6.07) is 18.5. The molecule has 0 unspecified atom stereocenters. The number of halogens is 1. The second kappa shape index (κ2) is 8.84. The molecule has 0 aliphatic heterocycles. The lowest BCUT2D eigenvalue weighted by atomic mass is 9.97.